The number of hydrogen-bond donors (Lipinski definition) is 2. The summed E-state index contributed by atoms with van der Waals surface area (Å²) in [5.41, 5.74) is 12.9. The van der Waals surface area contributed by atoms with Gasteiger partial charge in [0.1, 0.15) is 24.6 Å². The van der Waals surface area contributed by atoms with Crippen LogP contribution in [0.1, 0.15) is 122 Å². The molecule has 5 aromatic rings. The molecule has 0 fully saturated rings. The first-order valence-electron chi connectivity index (χ1n) is 23.0. The van der Waals surface area contributed by atoms with E-state index in [1.807, 2.05) is 59.5 Å². The number of carbonyl (C=O) groups excluding carboxylic acids is 2. The third kappa shape index (κ3) is 6.97. The predicted molar refractivity (Wildman–Crippen MR) is 245 cm³/mol. The number of para-hydroxylation sites is 1. The van der Waals surface area contributed by atoms with Gasteiger partial charge in [0.05, 0.1) is 23.4 Å². The van der Waals surface area contributed by atoms with E-state index in [2.05, 4.69) is 38.8 Å². The van der Waals surface area contributed by atoms with Crippen LogP contribution in [-0.4, -0.2) is 55.6 Å². The van der Waals surface area contributed by atoms with Crippen LogP contribution in [0.5, 0.6) is 11.5 Å². The van der Waals surface area contributed by atoms with Gasteiger partial charge in [-0.25, -0.2) is 9.37 Å². The van der Waals surface area contributed by atoms with E-state index in [9.17, 15) is 19.5 Å². The van der Waals surface area contributed by atoms with Crippen LogP contribution in [0.25, 0.3) is 5.57 Å². The molecule has 9 heteroatoms. The van der Waals surface area contributed by atoms with E-state index in [1.54, 1.807) is 12.1 Å². The van der Waals surface area contributed by atoms with Crippen molar-refractivity contribution >= 4 is 34.7 Å². The Morgan fingerprint density at radius 1 is 0.730 bits per heavy atom. The molecule has 6 aliphatic rings. The van der Waals surface area contributed by atoms with Crippen LogP contribution >= 0.6 is 0 Å². The monoisotopic (exact) mass is 835 g/mol. The minimum absolute atomic E-state index is 0.0431. The van der Waals surface area contributed by atoms with Crippen molar-refractivity contribution in [2.75, 3.05) is 42.5 Å². The molecular weight excluding hydrogens is 785 g/mol. The first-order chi connectivity index (χ1) is 30.9. The second-order valence-corrected chi connectivity index (χ2v) is 17.9. The van der Waals surface area contributed by atoms with E-state index in [0.29, 0.717) is 43.5 Å². The summed E-state index contributed by atoms with van der Waals surface area (Å²) in [6, 6.07) is 25.5. The van der Waals surface area contributed by atoms with Crippen LogP contribution in [0, 0.1) is 11.8 Å². The van der Waals surface area contributed by atoms with Gasteiger partial charge in [-0.3, -0.25) is 9.59 Å². The molecule has 0 bridgehead atoms. The van der Waals surface area contributed by atoms with Crippen molar-refractivity contribution in [2.24, 2.45) is 0 Å². The number of anilines is 2. The number of ether oxygens (including phenoxy) is 1. The topological polar surface area (TPSA) is 102 Å². The zero-order valence-corrected chi connectivity index (χ0v) is 35.7. The molecule has 0 unspecified atom stereocenters. The number of aromatic carboxylic acids is 1. The number of benzene rings is 5. The largest absolute Gasteiger partial charge is 0.478 e. The summed E-state index contributed by atoms with van der Waals surface area (Å²) in [5, 5.41) is 16.2. The molecule has 0 saturated carbocycles. The molecule has 0 spiro atoms. The van der Waals surface area contributed by atoms with Gasteiger partial charge in [0.25, 0.3) is 5.91 Å². The molecule has 6 aliphatic heterocycles. The van der Waals surface area contributed by atoms with Gasteiger partial charge in [0, 0.05) is 88.8 Å². The number of nitrogens with zero attached hydrogens (tertiary/aromatic N) is 3. The second kappa shape index (κ2) is 16.2. The Kier molecular flexibility index (Phi) is 10.1. The minimum Gasteiger partial charge on any atom is -0.478 e. The summed E-state index contributed by atoms with van der Waals surface area (Å²) < 4.78 is 9.70. The van der Waals surface area contributed by atoms with Gasteiger partial charge in [0.15, 0.2) is 0 Å². The summed E-state index contributed by atoms with van der Waals surface area (Å²) in [7, 11) is 0. The number of aryl methyl sites for hydroxylation is 2. The van der Waals surface area contributed by atoms with Crippen LogP contribution < -0.4 is 35.0 Å². The zero-order chi connectivity index (χ0) is 42.6. The first kappa shape index (κ1) is 39.2. The van der Waals surface area contributed by atoms with Gasteiger partial charge in [-0.15, -0.1) is 0 Å². The highest BCUT2D eigenvalue weighted by Gasteiger charge is 2.36. The molecule has 63 heavy (non-hydrogen) atoms. The lowest BCUT2D eigenvalue weighted by molar-refractivity contribution is -0.118. The van der Waals surface area contributed by atoms with Gasteiger partial charge in [-0.2, -0.15) is 0 Å². The van der Waals surface area contributed by atoms with Crippen molar-refractivity contribution in [1.29, 1.82) is 0 Å². The van der Waals surface area contributed by atoms with Crippen molar-refractivity contribution in [1.82, 2.24) is 9.89 Å². The number of fused-ring (bicyclic) bond motifs is 6. The lowest BCUT2D eigenvalue weighted by atomic mass is 9.81. The average molecular weight is 836 g/mol. The average Bonchev–Trinajstić information content (AvgIpc) is 3.30. The van der Waals surface area contributed by atoms with E-state index >= 15 is 0 Å². The quantitative estimate of drug-likeness (QED) is 0.0920. The number of nitrogens with one attached hydrogen (secondary N) is 1. The van der Waals surface area contributed by atoms with Gasteiger partial charge in [-0.05, 0) is 111 Å². The zero-order valence-electron chi connectivity index (χ0n) is 35.7. The maximum Gasteiger partial charge on any atom is 0.336 e. The van der Waals surface area contributed by atoms with E-state index in [-0.39, 0.29) is 17.4 Å². The van der Waals surface area contributed by atoms with Gasteiger partial charge in [0.2, 0.25) is 11.3 Å². The van der Waals surface area contributed by atoms with Gasteiger partial charge in [-0.1, -0.05) is 54.7 Å². The Morgan fingerprint density at radius 3 is 2.37 bits per heavy atom. The Balaban J connectivity index is 0.850. The van der Waals surface area contributed by atoms with Crippen LogP contribution in [0.3, 0.4) is 0 Å². The molecule has 0 aliphatic carbocycles. The number of amides is 2. The molecule has 0 atom stereocenters. The second-order valence-electron chi connectivity index (χ2n) is 17.9. The number of hydrogen-bond acceptors (Lipinski definition) is 5. The van der Waals surface area contributed by atoms with E-state index < -0.39 is 5.97 Å². The normalized spacial score (nSPS) is 16.3. The highest BCUT2D eigenvalue weighted by molar-refractivity contribution is 6.03. The van der Waals surface area contributed by atoms with Crippen LogP contribution in [-0.2, 0) is 37.0 Å². The fourth-order valence-electron chi connectivity index (χ4n) is 11.1. The standard InChI is InChI=1S/C54H50N4O5/c59-47(58-33-39-14-4-3-12-34(39)21-22-35-13-5-6-19-46(35)58)20-2-1-7-25-55-53(60)38-23-24-40(43(32-38)54(61)62)48-44-30-36-15-8-26-56-28-10-17-41(49(36)56)51(44)63-52-42-18-11-29-57-27-9-16-37(50(42)57)31-45(48)52/h3-6,12-14,19,23-24,30-32H,1-2,7-11,15-18,20,25-29,33H2,(H-,55,60,61,62)/p+1. The molecule has 316 valence electrons. The lowest BCUT2D eigenvalue weighted by Crippen LogP contribution is -2.45. The third-order valence-electron chi connectivity index (χ3n) is 14.0. The molecule has 5 aromatic carbocycles. The smallest absolute Gasteiger partial charge is 0.336 e. The van der Waals surface area contributed by atoms with Gasteiger partial charge >= 0.3 is 5.97 Å². The third-order valence-corrected chi connectivity index (χ3v) is 14.0. The van der Waals surface area contributed by atoms with Crippen molar-refractivity contribution in [3.05, 3.63) is 151 Å². The Hall–Kier alpha value is -6.66. The van der Waals surface area contributed by atoms with Gasteiger partial charge < -0.3 is 25.0 Å². The Morgan fingerprint density at radius 2 is 1.49 bits per heavy atom. The summed E-state index contributed by atoms with van der Waals surface area (Å²) in [6.45, 7) is 5.07. The van der Waals surface area contributed by atoms with Crippen molar-refractivity contribution < 1.29 is 24.2 Å². The SMILES string of the molecule is O=C(NCCCCCC(=O)N1Cc2ccccc2C#Cc2ccccc21)c1ccc(C2=c3cc4c5c(c3Oc3c2cc2c6c3CCCN6CCC2)CCC[N+]=5CCC4)c(C(=O)O)c1. The number of carbonyl (C=O) groups is 3. The van der Waals surface area contributed by atoms with Crippen LogP contribution in [0.4, 0.5) is 11.4 Å². The number of unbranched alkanes of at least 4 members (excludes halogenated alkanes) is 2. The number of rotatable bonds is 9. The molecule has 0 radical (unpaired) electrons. The molecule has 9 nitrogen and oxygen atoms in total. The highest BCUT2D eigenvalue weighted by Crippen LogP contribution is 2.49. The molecule has 2 amide bonds. The fourth-order valence-corrected chi connectivity index (χ4v) is 11.1. The van der Waals surface area contributed by atoms with Crippen molar-refractivity contribution in [3.8, 4) is 23.3 Å². The van der Waals surface area contributed by atoms with Crippen molar-refractivity contribution in [3.63, 3.8) is 0 Å². The Labute approximate surface area is 367 Å². The fraction of sp³-hybridized carbons (Fsp3) is 0.333. The summed E-state index contributed by atoms with van der Waals surface area (Å²) >= 11 is 0. The molecule has 11 rings (SSSR count). The molecule has 0 aromatic heterocycles. The van der Waals surface area contributed by atoms with Crippen LogP contribution in [0.15, 0.2) is 78.9 Å². The first-order valence-corrected chi connectivity index (χ1v) is 23.0. The molecular formula is C54H51N4O5+. The lowest BCUT2D eigenvalue weighted by Gasteiger charge is -2.39. The highest BCUT2D eigenvalue weighted by atomic mass is 16.5. The maximum atomic E-state index is 13.7. The van der Waals surface area contributed by atoms with E-state index in [0.717, 1.165) is 134 Å². The Bertz CT molecular complexity index is 2970. The van der Waals surface area contributed by atoms with Crippen molar-refractivity contribution in [2.45, 2.75) is 83.6 Å². The van der Waals surface area contributed by atoms with E-state index in [1.165, 1.54) is 33.3 Å². The molecule has 6 heterocycles. The summed E-state index contributed by atoms with van der Waals surface area (Å²) in [4.78, 5) is 45.1. The predicted octanol–water partition coefficient (Wildman–Crippen LogP) is 7.06. The van der Waals surface area contributed by atoms with E-state index in [4.69, 9.17) is 4.74 Å². The maximum absolute atomic E-state index is 13.7. The van der Waals surface area contributed by atoms with Crippen LogP contribution in [0.2, 0.25) is 0 Å². The minimum atomic E-state index is -1.07. The molecule has 2 N–H and O–H groups in total. The molecule has 0 saturated heterocycles. The number of carboxylic acids is 1. The number of carboxylic acid groups (broad SMARTS) is 1. The summed E-state index contributed by atoms with van der Waals surface area (Å²) in [6.07, 6.45) is 10.6. The summed E-state index contributed by atoms with van der Waals surface area (Å²) in [5.74, 6) is 6.94.